The molecule has 1 saturated heterocycles. The summed E-state index contributed by atoms with van der Waals surface area (Å²) in [4.78, 5) is 0. The first-order valence-electron chi connectivity index (χ1n) is 6.36. The Morgan fingerprint density at radius 1 is 1.29 bits per heavy atom. The monoisotopic (exact) mass is 264 g/mol. The Morgan fingerprint density at radius 3 is 2.41 bits per heavy atom. The van der Waals surface area contributed by atoms with Gasteiger partial charge in [0.1, 0.15) is 0 Å². The third-order valence-corrected chi connectivity index (χ3v) is 5.04. The Labute approximate surface area is 105 Å². The van der Waals surface area contributed by atoms with Gasteiger partial charge < -0.3 is 0 Å². The van der Waals surface area contributed by atoms with Gasteiger partial charge in [-0.1, -0.05) is 41.0 Å². The first kappa shape index (κ1) is 14.9. The molecule has 5 unspecified atom stereocenters. The average Bonchev–Trinajstić information content (AvgIpc) is 2.29. The molecule has 0 N–H and O–H groups in total. The molecule has 1 rings (SSSR count). The largest absolute Gasteiger partial charge is 0.400 e. The SMILES string of the molecule is CCC(C)C(C)C(C)C1OS(=O)(=O)OCC1C. The molecule has 1 fully saturated rings. The van der Waals surface area contributed by atoms with E-state index in [9.17, 15) is 8.42 Å². The predicted octanol–water partition coefficient (Wildman–Crippen LogP) is 2.60. The molecular weight excluding hydrogens is 240 g/mol. The van der Waals surface area contributed by atoms with Crippen molar-refractivity contribution in [3.8, 4) is 0 Å². The van der Waals surface area contributed by atoms with Crippen LogP contribution >= 0.6 is 0 Å². The van der Waals surface area contributed by atoms with Crippen LogP contribution in [0.25, 0.3) is 0 Å². The minimum absolute atomic E-state index is 0.111. The van der Waals surface area contributed by atoms with Crippen molar-refractivity contribution in [2.45, 2.75) is 47.1 Å². The molecule has 4 nitrogen and oxygen atoms in total. The molecule has 0 radical (unpaired) electrons. The van der Waals surface area contributed by atoms with Crippen molar-refractivity contribution in [3.05, 3.63) is 0 Å². The second-order valence-electron chi connectivity index (χ2n) is 5.33. The fraction of sp³-hybridized carbons (Fsp3) is 1.00. The van der Waals surface area contributed by atoms with Gasteiger partial charge in [0.2, 0.25) is 0 Å². The van der Waals surface area contributed by atoms with Gasteiger partial charge >= 0.3 is 10.4 Å². The van der Waals surface area contributed by atoms with Gasteiger partial charge in [-0.05, 0) is 17.8 Å². The van der Waals surface area contributed by atoms with Crippen molar-refractivity contribution in [2.24, 2.45) is 23.7 Å². The van der Waals surface area contributed by atoms with E-state index in [-0.39, 0.29) is 24.5 Å². The van der Waals surface area contributed by atoms with Crippen molar-refractivity contribution in [2.75, 3.05) is 6.61 Å². The highest BCUT2D eigenvalue weighted by atomic mass is 32.3. The molecular formula is C12H24O4S. The Bertz CT molecular complexity index is 338. The minimum atomic E-state index is -3.78. The lowest BCUT2D eigenvalue weighted by molar-refractivity contribution is -0.00966. The number of hydrogen-bond acceptors (Lipinski definition) is 4. The highest BCUT2D eigenvalue weighted by Crippen LogP contribution is 2.33. The fourth-order valence-corrected chi connectivity index (χ4v) is 3.41. The lowest BCUT2D eigenvalue weighted by Gasteiger charge is -2.36. The zero-order chi connectivity index (χ0) is 13.2. The Hall–Kier alpha value is -0.130. The molecule has 1 aliphatic heterocycles. The van der Waals surface area contributed by atoms with Crippen LogP contribution in [-0.2, 0) is 18.8 Å². The summed E-state index contributed by atoms with van der Waals surface area (Å²) >= 11 is 0. The van der Waals surface area contributed by atoms with Gasteiger partial charge in [0.15, 0.2) is 0 Å². The quantitative estimate of drug-likeness (QED) is 0.783. The summed E-state index contributed by atoms with van der Waals surface area (Å²) in [6, 6.07) is 0. The van der Waals surface area contributed by atoms with Crippen molar-refractivity contribution in [3.63, 3.8) is 0 Å². The lowest BCUT2D eigenvalue weighted by Crippen LogP contribution is -2.42. The summed E-state index contributed by atoms with van der Waals surface area (Å²) in [6.45, 7) is 10.8. The molecule has 0 spiro atoms. The van der Waals surface area contributed by atoms with E-state index in [1.807, 2.05) is 6.92 Å². The maximum atomic E-state index is 11.3. The summed E-state index contributed by atoms with van der Waals surface area (Å²) in [5, 5.41) is 0. The summed E-state index contributed by atoms with van der Waals surface area (Å²) in [6.07, 6.45) is 0.827. The van der Waals surface area contributed by atoms with Gasteiger partial charge in [-0.3, -0.25) is 0 Å². The van der Waals surface area contributed by atoms with E-state index in [2.05, 4.69) is 31.9 Å². The van der Waals surface area contributed by atoms with E-state index in [1.165, 1.54) is 0 Å². The summed E-state index contributed by atoms with van der Waals surface area (Å²) < 4.78 is 32.4. The zero-order valence-electron chi connectivity index (χ0n) is 11.3. The number of hydrogen-bond donors (Lipinski definition) is 0. The first-order chi connectivity index (χ1) is 7.78. The van der Waals surface area contributed by atoms with E-state index in [1.54, 1.807) is 0 Å². The molecule has 1 aliphatic rings. The Morgan fingerprint density at radius 2 is 1.88 bits per heavy atom. The van der Waals surface area contributed by atoms with E-state index < -0.39 is 10.4 Å². The Kier molecular flexibility index (Phi) is 4.98. The average molecular weight is 264 g/mol. The van der Waals surface area contributed by atoms with Crippen LogP contribution < -0.4 is 0 Å². The fourth-order valence-electron chi connectivity index (χ4n) is 2.34. The summed E-state index contributed by atoms with van der Waals surface area (Å²) in [7, 11) is -3.78. The van der Waals surface area contributed by atoms with Gasteiger partial charge in [0, 0.05) is 5.92 Å². The highest BCUT2D eigenvalue weighted by molar-refractivity contribution is 7.81. The molecule has 17 heavy (non-hydrogen) atoms. The standard InChI is InChI=1S/C12H24O4S/c1-6-8(2)10(4)11(5)12-9(3)7-15-17(13,14)16-12/h8-12H,6-7H2,1-5H3. The highest BCUT2D eigenvalue weighted by Gasteiger charge is 2.38. The molecule has 5 heteroatoms. The topological polar surface area (TPSA) is 52.6 Å². The molecule has 0 saturated carbocycles. The van der Waals surface area contributed by atoms with Crippen LogP contribution in [0.3, 0.4) is 0 Å². The van der Waals surface area contributed by atoms with Gasteiger partial charge in [-0.25, -0.2) is 8.37 Å². The third-order valence-electron chi connectivity index (χ3n) is 4.15. The van der Waals surface area contributed by atoms with E-state index in [0.717, 1.165) is 6.42 Å². The van der Waals surface area contributed by atoms with Crippen LogP contribution in [0.1, 0.15) is 41.0 Å². The molecule has 0 aromatic rings. The number of rotatable bonds is 4. The van der Waals surface area contributed by atoms with Crippen LogP contribution in [0.4, 0.5) is 0 Å². The molecule has 0 bridgehead atoms. The second kappa shape index (κ2) is 5.67. The molecule has 1 heterocycles. The molecule has 0 amide bonds. The maximum Gasteiger partial charge on any atom is 0.400 e. The summed E-state index contributed by atoms with van der Waals surface area (Å²) in [5.41, 5.74) is 0. The molecule has 0 aromatic carbocycles. The minimum Gasteiger partial charge on any atom is -0.248 e. The molecule has 0 aromatic heterocycles. The molecule has 5 atom stereocenters. The lowest BCUT2D eigenvalue weighted by atomic mass is 9.78. The predicted molar refractivity (Wildman–Crippen MR) is 66.7 cm³/mol. The van der Waals surface area contributed by atoms with Crippen molar-refractivity contribution >= 4 is 10.4 Å². The van der Waals surface area contributed by atoms with Crippen LogP contribution in [0.2, 0.25) is 0 Å². The van der Waals surface area contributed by atoms with Gasteiger partial charge in [-0.2, -0.15) is 8.42 Å². The smallest absolute Gasteiger partial charge is 0.248 e. The normalized spacial score (nSPS) is 33.9. The van der Waals surface area contributed by atoms with E-state index in [0.29, 0.717) is 11.8 Å². The molecule has 102 valence electrons. The van der Waals surface area contributed by atoms with Gasteiger partial charge in [0.25, 0.3) is 0 Å². The van der Waals surface area contributed by atoms with Crippen LogP contribution in [0.15, 0.2) is 0 Å². The maximum absolute atomic E-state index is 11.3. The van der Waals surface area contributed by atoms with E-state index >= 15 is 0 Å². The zero-order valence-corrected chi connectivity index (χ0v) is 12.2. The second-order valence-corrected chi connectivity index (χ2v) is 6.58. The van der Waals surface area contributed by atoms with Gasteiger partial charge in [-0.15, -0.1) is 0 Å². The van der Waals surface area contributed by atoms with Crippen LogP contribution in [0.5, 0.6) is 0 Å². The van der Waals surface area contributed by atoms with Gasteiger partial charge in [0.05, 0.1) is 12.7 Å². The Balaban J connectivity index is 2.76. The van der Waals surface area contributed by atoms with E-state index in [4.69, 9.17) is 4.18 Å². The first-order valence-corrected chi connectivity index (χ1v) is 7.69. The van der Waals surface area contributed by atoms with Crippen LogP contribution in [0, 0.1) is 23.7 Å². The third kappa shape index (κ3) is 3.66. The molecule has 0 aliphatic carbocycles. The van der Waals surface area contributed by atoms with Crippen molar-refractivity contribution < 1.29 is 16.8 Å². The summed E-state index contributed by atoms with van der Waals surface area (Å²) in [5.74, 6) is 1.31. The van der Waals surface area contributed by atoms with Crippen LogP contribution in [-0.4, -0.2) is 21.1 Å². The van der Waals surface area contributed by atoms with Crippen molar-refractivity contribution in [1.29, 1.82) is 0 Å². The van der Waals surface area contributed by atoms with Crippen molar-refractivity contribution in [1.82, 2.24) is 0 Å².